The summed E-state index contributed by atoms with van der Waals surface area (Å²) >= 11 is 0. The number of piperazine rings is 1. The van der Waals surface area contributed by atoms with Gasteiger partial charge in [0.05, 0.1) is 24.7 Å². The lowest BCUT2D eigenvalue weighted by Crippen LogP contribution is -2.45. The fourth-order valence-electron chi connectivity index (χ4n) is 4.25. The predicted octanol–water partition coefficient (Wildman–Crippen LogP) is 3.75. The highest BCUT2D eigenvalue weighted by Crippen LogP contribution is 2.24. The van der Waals surface area contributed by atoms with E-state index in [0.29, 0.717) is 0 Å². The van der Waals surface area contributed by atoms with E-state index < -0.39 is 0 Å². The largest absolute Gasteiger partial charge is 0.497 e. The number of benzene rings is 2. The van der Waals surface area contributed by atoms with Crippen LogP contribution in [-0.2, 0) is 13.1 Å². The average Bonchev–Trinajstić information content (AvgIpc) is 3.19. The molecule has 158 valence electrons. The second-order valence-corrected chi connectivity index (χ2v) is 7.96. The maximum Gasteiger partial charge on any atom is 0.128 e. The number of ether oxygens (including phenoxy) is 1. The van der Waals surface area contributed by atoms with Gasteiger partial charge in [0.2, 0.25) is 0 Å². The van der Waals surface area contributed by atoms with Gasteiger partial charge in [-0.15, -0.1) is 0 Å². The summed E-state index contributed by atoms with van der Waals surface area (Å²) in [7, 11) is 1.70. The van der Waals surface area contributed by atoms with E-state index in [1.165, 1.54) is 5.56 Å². The Balaban J connectivity index is 1.33. The number of hydrogen-bond donors (Lipinski definition) is 0. The quantitative estimate of drug-likeness (QED) is 0.482. The maximum atomic E-state index is 5.34. The van der Waals surface area contributed by atoms with Crippen molar-refractivity contribution in [2.45, 2.75) is 13.1 Å². The zero-order valence-electron chi connectivity index (χ0n) is 17.8. The van der Waals surface area contributed by atoms with Crippen LogP contribution in [0.1, 0.15) is 11.4 Å². The van der Waals surface area contributed by atoms with Crippen LogP contribution in [0.4, 0.5) is 0 Å². The summed E-state index contributed by atoms with van der Waals surface area (Å²) in [5.74, 6) is 1.94. The molecule has 0 saturated carbocycles. The highest BCUT2D eigenvalue weighted by molar-refractivity contribution is 5.78. The molecular weight excluding hydrogens is 386 g/mol. The highest BCUT2D eigenvalue weighted by Gasteiger charge is 2.20. The third kappa shape index (κ3) is 4.31. The Morgan fingerprint density at radius 1 is 0.806 bits per heavy atom. The van der Waals surface area contributed by atoms with Gasteiger partial charge in [-0.1, -0.05) is 12.1 Å². The van der Waals surface area contributed by atoms with E-state index in [1.54, 1.807) is 7.11 Å². The van der Waals surface area contributed by atoms with Crippen molar-refractivity contribution in [3.05, 3.63) is 84.4 Å². The first-order valence-electron chi connectivity index (χ1n) is 10.7. The van der Waals surface area contributed by atoms with Crippen molar-refractivity contribution in [2.24, 2.45) is 0 Å². The monoisotopic (exact) mass is 413 g/mol. The van der Waals surface area contributed by atoms with Gasteiger partial charge in [0.15, 0.2) is 0 Å². The van der Waals surface area contributed by atoms with E-state index in [-0.39, 0.29) is 0 Å². The molecule has 31 heavy (non-hydrogen) atoms. The summed E-state index contributed by atoms with van der Waals surface area (Å²) in [5, 5.41) is 0. The number of fused-ring (bicyclic) bond motifs is 1. The third-order valence-electron chi connectivity index (χ3n) is 5.95. The second kappa shape index (κ2) is 8.88. The molecule has 0 bridgehead atoms. The molecule has 0 amide bonds. The molecule has 2 aromatic heterocycles. The van der Waals surface area contributed by atoms with Crippen LogP contribution in [-0.4, -0.2) is 57.6 Å². The summed E-state index contributed by atoms with van der Waals surface area (Å²) in [6.45, 7) is 6.02. The first kappa shape index (κ1) is 19.7. The first-order valence-corrected chi connectivity index (χ1v) is 10.7. The number of methoxy groups -OCH3 is 1. The van der Waals surface area contributed by atoms with Crippen molar-refractivity contribution >= 4 is 11.0 Å². The molecule has 0 atom stereocenters. The van der Waals surface area contributed by atoms with Crippen LogP contribution in [0.3, 0.4) is 0 Å². The third-order valence-corrected chi connectivity index (χ3v) is 5.95. The van der Waals surface area contributed by atoms with Gasteiger partial charge < -0.3 is 4.74 Å². The molecule has 0 N–H and O–H groups in total. The molecule has 6 nitrogen and oxygen atoms in total. The zero-order valence-corrected chi connectivity index (χ0v) is 17.8. The van der Waals surface area contributed by atoms with Crippen LogP contribution in [0.2, 0.25) is 0 Å². The van der Waals surface area contributed by atoms with Crippen molar-refractivity contribution in [2.75, 3.05) is 33.3 Å². The number of para-hydroxylation sites is 2. The average molecular weight is 414 g/mol. The topological polar surface area (TPSA) is 46.4 Å². The zero-order chi connectivity index (χ0) is 21.0. The molecule has 1 aliphatic rings. The molecule has 1 saturated heterocycles. The molecule has 1 fully saturated rings. The van der Waals surface area contributed by atoms with Crippen LogP contribution in [0.15, 0.2) is 73.1 Å². The lowest BCUT2D eigenvalue weighted by molar-refractivity contribution is 0.119. The minimum atomic E-state index is 0.837. The highest BCUT2D eigenvalue weighted by atomic mass is 16.5. The van der Waals surface area contributed by atoms with E-state index in [2.05, 4.69) is 67.9 Å². The smallest absolute Gasteiger partial charge is 0.128 e. The van der Waals surface area contributed by atoms with Gasteiger partial charge in [0.1, 0.15) is 11.6 Å². The van der Waals surface area contributed by atoms with Gasteiger partial charge in [-0.2, -0.15) is 0 Å². The Hall–Kier alpha value is -3.22. The van der Waals surface area contributed by atoms with Crippen LogP contribution >= 0.6 is 0 Å². The van der Waals surface area contributed by atoms with E-state index >= 15 is 0 Å². The number of hydrogen-bond acceptors (Lipinski definition) is 5. The minimum Gasteiger partial charge on any atom is -0.497 e. The molecule has 6 heteroatoms. The maximum absolute atomic E-state index is 5.34. The number of pyridine rings is 1. The van der Waals surface area contributed by atoms with Gasteiger partial charge in [-0.3, -0.25) is 19.4 Å². The van der Waals surface area contributed by atoms with Crippen LogP contribution in [0, 0.1) is 0 Å². The Morgan fingerprint density at radius 2 is 1.48 bits per heavy atom. The lowest BCUT2D eigenvalue weighted by atomic mass is 10.2. The van der Waals surface area contributed by atoms with Crippen molar-refractivity contribution in [3.8, 4) is 11.4 Å². The Labute approximate surface area is 182 Å². The minimum absolute atomic E-state index is 0.837. The molecule has 0 spiro atoms. The standard InChI is InChI=1S/C25H27N5O/c1-31-22-8-6-21(7-9-22)30-24-5-3-2-4-23(24)27-25(30)19-29-16-14-28(15-17-29)18-20-10-12-26-13-11-20/h2-13H,14-19H2,1H3. The summed E-state index contributed by atoms with van der Waals surface area (Å²) in [6, 6.07) is 20.8. The molecule has 0 unspecified atom stereocenters. The molecule has 5 rings (SSSR count). The first-order chi connectivity index (χ1) is 15.3. The normalized spacial score (nSPS) is 15.4. The van der Waals surface area contributed by atoms with Crippen molar-refractivity contribution < 1.29 is 4.74 Å². The van der Waals surface area contributed by atoms with Crippen molar-refractivity contribution in [1.82, 2.24) is 24.3 Å². The van der Waals surface area contributed by atoms with Crippen molar-refractivity contribution in [3.63, 3.8) is 0 Å². The molecule has 4 aromatic rings. The lowest BCUT2D eigenvalue weighted by Gasteiger charge is -2.34. The predicted molar refractivity (Wildman–Crippen MR) is 122 cm³/mol. The van der Waals surface area contributed by atoms with E-state index in [9.17, 15) is 0 Å². The van der Waals surface area contributed by atoms with E-state index in [4.69, 9.17) is 9.72 Å². The molecular formula is C25H27N5O. The van der Waals surface area contributed by atoms with Crippen LogP contribution < -0.4 is 4.74 Å². The fraction of sp³-hybridized carbons (Fsp3) is 0.280. The van der Waals surface area contributed by atoms with Gasteiger partial charge in [-0.25, -0.2) is 4.98 Å². The summed E-state index contributed by atoms with van der Waals surface area (Å²) in [6.07, 6.45) is 3.74. The Morgan fingerprint density at radius 3 is 2.19 bits per heavy atom. The van der Waals surface area contributed by atoms with Gasteiger partial charge in [0, 0.05) is 50.8 Å². The molecule has 0 radical (unpaired) electrons. The van der Waals surface area contributed by atoms with Crippen LogP contribution in [0.25, 0.3) is 16.7 Å². The van der Waals surface area contributed by atoms with Gasteiger partial charge in [0.25, 0.3) is 0 Å². The number of rotatable bonds is 6. The van der Waals surface area contributed by atoms with Gasteiger partial charge >= 0.3 is 0 Å². The SMILES string of the molecule is COc1ccc(-n2c(CN3CCN(Cc4ccncc4)CC3)nc3ccccc32)cc1. The summed E-state index contributed by atoms with van der Waals surface area (Å²) < 4.78 is 7.61. The second-order valence-electron chi connectivity index (χ2n) is 7.96. The van der Waals surface area contributed by atoms with E-state index in [1.807, 2.05) is 24.5 Å². The Bertz CT molecular complexity index is 1130. The molecule has 2 aromatic carbocycles. The summed E-state index contributed by atoms with van der Waals surface area (Å²) in [4.78, 5) is 14.1. The Kier molecular flexibility index (Phi) is 5.65. The van der Waals surface area contributed by atoms with Crippen LogP contribution in [0.5, 0.6) is 5.75 Å². The molecule has 0 aliphatic carbocycles. The number of nitrogens with zero attached hydrogens (tertiary/aromatic N) is 5. The summed E-state index contributed by atoms with van der Waals surface area (Å²) in [5.41, 5.74) is 4.61. The molecule has 1 aliphatic heterocycles. The van der Waals surface area contributed by atoms with Gasteiger partial charge in [-0.05, 0) is 54.1 Å². The van der Waals surface area contributed by atoms with Crippen molar-refractivity contribution in [1.29, 1.82) is 0 Å². The number of imidazole rings is 1. The molecule has 3 heterocycles. The number of aromatic nitrogens is 3. The van der Waals surface area contributed by atoms with E-state index in [0.717, 1.165) is 67.6 Å². The fourth-order valence-corrected chi connectivity index (χ4v) is 4.25.